The molecule has 3 heterocycles. The van der Waals surface area contributed by atoms with Crippen LogP contribution in [0.1, 0.15) is 46.0 Å². The van der Waals surface area contributed by atoms with Crippen molar-refractivity contribution in [2.45, 2.75) is 37.4 Å². The van der Waals surface area contributed by atoms with E-state index in [9.17, 15) is 18.0 Å². The molecular weight excluding hydrogens is 359 g/mol. The number of hydrogen-bond acceptors (Lipinski definition) is 4. The Morgan fingerprint density at radius 3 is 2.74 bits per heavy atom. The van der Waals surface area contributed by atoms with E-state index in [1.807, 2.05) is 18.3 Å². The topological polar surface area (TPSA) is 60.9 Å². The molecule has 138 valence electrons. The number of fused-ring (bicyclic) bond motifs is 4. The van der Waals surface area contributed by atoms with Gasteiger partial charge in [0.05, 0.1) is 17.8 Å². The van der Waals surface area contributed by atoms with Gasteiger partial charge in [0.2, 0.25) is 0 Å². The van der Waals surface area contributed by atoms with E-state index in [-0.39, 0.29) is 28.7 Å². The quantitative estimate of drug-likeness (QED) is 0.651. The van der Waals surface area contributed by atoms with Gasteiger partial charge in [0.25, 0.3) is 0 Å². The normalized spacial score (nSPS) is 16.9. The number of aromatic nitrogens is 3. The Bertz CT molecular complexity index is 1050. The lowest BCUT2D eigenvalue weighted by molar-refractivity contribution is -0.137. The fourth-order valence-electron chi connectivity index (χ4n) is 3.97. The third-order valence-electron chi connectivity index (χ3n) is 5.37. The van der Waals surface area contributed by atoms with Crippen LogP contribution in [0.15, 0.2) is 35.0 Å². The molecule has 0 N–H and O–H groups in total. The monoisotopic (exact) mass is 373 g/mol. The van der Waals surface area contributed by atoms with Gasteiger partial charge in [-0.05, 0) is 25.0 Å². The maximum atomic E-state index is 13.6. The molecule has 0 amide bonds. The number of hydrogen-bond donors (Lipinski definition) is 0. The maximum absolute atomic E-state index is 13.6. The number of rotatable bonds is 3. The smallest absolute Gasteiger partial charge is 0.420 e. The molecule has 0 aliphatic heterocycles. The van der Waals surface area contributed by atoms with Crippen LogP contribution in [0.25, 0.3) is 11.3 Å². The summed E-state index contributed by atoms with van der Waals surface area (Å²) in [5.41, 5.74) is 0.498. The Kier molecular flexibility index (Phi) is 3.20. The first-order valence-electron chi connectivity index (χ1n) is 8.57. The molecule has 3 aromatic heterocycles. The lowest BCUT2D eigenvalue weighted by Crippen LogP contribution is -2.17. The second kappa shape index (κ2) is 5.31. The summed E-state index contributed by atoms with van der Waals surface area (Å²) < 4.78 is 47.9. The lowest BCUT2D eigenvalue weighted by Gasteiger charge is -2.20. The van der Waals surface area contributed by atoms with E-state index in [4.69, 9.17) is 4.42 Å². The summed E-state index contributed by atoms with van der Waals surface area (Å²) in [6.07, 6.45) is 1.01. The highest BCUT2D eigenvalue weighted by molar-refractivity contribution is 5.84. The molecule has 0 bridgehead atoms. The van der Waals surface area contributed by atoms with E-state index in [2.05, 4.69) is 10.1 Å². The molecule has 0 unspecified atom stereocenters. The third kappa shape index (κ3) is 2.43. The van der Waals surface area contributed by atoms with E-state index in [0.717, 1.165) is 24.1 Å². The minimum atomic E-state index is -4.69. The summed E-state index contributed by atoms with van der Waals surface area (Å²) in [5.74, 6) is -0.465. The number of alkyl halides is 3. The first kappa shape index (κ1) is 16.3. The van der Waals surface area contributed by atoms with Crippen LogP contribution in [0.2, 0.25) is 0 Å². The van der Waals surface area contributed by atoms with Crippen molar-refractivity contribution in [1.82, 2.24) is 14.8 Å². The molecule has 2 aliphatic rings. The second-order valence-corrected chi connectivity index (χ2v) is 7.12. The standard InChI is InChI=1S/C19H14F3N3O2/c20-19(21,22)16-14(10-26)27-13-7-18(4-5-18)12-9-25(24-17(12)15(13)16)8-11-3-1-2-6-23-11/h1-3,6,9-10H,4-5,7-8H2. The number of halogens is 3. The minimum absolute atomic E-state index is 0.0862. The van der Waals surface area contributed by atoms with Crippen LogP contribution in [-0.2, 0) is 24.6 Å². The van der Waals surface area contributed by atoms with Crippen molar-refractivity contribution in [2.75, 3.05) is 0 Å². The molecule has 3 aromatic rings. The van der Waals surface area contributed by atoms with Crippen LogP contribution in [0.3, 0.4) is 0 Å². The summed E-state index contributed by atoms with van der Waals surface area (Å²) in [6, 6.07) is 5.48. The van der Waals surface area contributed by atoms with Gasteiger partial charge in [0.15, 0.2) is 12.0 Å². The predicted octanol–water partition coefficient (Wildman–Crippen LogP) is 4.01. The zero-order chi connectivity index (χ0) is 18.8. The Morgan fingerprint density at radius 2 is 2.11 bits per heavy atom. The van der Waals surface area contributed by atoms with Crippen molar-refractivity contribution in [3.8, 4) is 11.3 Å². The Labute approximate surface area is 151 Å². The van der Waals surface area contributed by atoms with E-state index in [0.29, 0.717) is 13.0 Å². The van der Waals surface area contributed by atoms with Crippen LogP contribution in [0.5, 0.6) is 0 Å². The van der Waals surface area contributed by atoms with Crippen LogP contribution >= 0.6 is 0 Å². The van der Waals surface area contributed by atoms with Crippen LogP contribution < -0.4 is 0 Å². The van der Waals surface area contributed by atoms with Gasteiger partial charge in [-0.2, -0.15) is 18.3 Å². The SMILES string of the molecule is O=Cc1oc2c(c1C(F)(F)F)-c1nn(Cc3ccccn3)cc1C1(CC1)C2. The molecule has 0 radical (unpaired) electrons. The fraction of sp³-hybridized carbons (Fsp3) is 0.316. The molecule has 5 nitrogen and oxygen atoms in total. The minimum Gasteiger partial charge on any atom is -0.457 e. The zero-order valence-electron chi connectivity index (χ0n) is 14.1. The molecule has 0 saturated heterocycles. The molecule has 2 aliphatic carbocycles. The second-order valence-electron chi connectivity index (χ2n) is 7.12. The fourth-order valence-corrected chi connectivity index (χ4v) is 3.97. The van der Waals surface area contributed by atoms with Crippen molar-refractivity contribution in [3.63, 3.8) is 0 Å². The van der Waals surface area contributed by atoms with Crippen molar-refractivity contribution >= 4 is 6.29 Å². The van der Waals surface area contributed by atoms with Crippen molar-refractivity contribution in [1.29, 1.82) is 0 Å². The molecule has 27 heavy (non-hydrogen) atoms. The van der Waals surface area contributed by atoms with E-state index < -0.39 is 17.5 Å². The van der Waals surface area contributed by atoms with Gasteiger partial charge < -0.3 is 4.42 Å². The molecule has 0 aromatic carbocycles. The molecule has 0 atom stereocenters. The lowest BCUT2D eigenvalue weighted by atomic mass is 9.82. The number of carbonyl (C=O) groups is 1. The highest BCUT2D eigenvalue weighted by Gasteiger charge is 2.54. The van der Waals surface area contributed by atoms with Gasteiger partial charge in [-0.15, -0.1) is 0 Å². The predicted molar refractivity (Wildman–Crippen MR) is 88.3 cm³/mol. The molecular formula is C19H14F3N3O2. The summed E-state index contributed by atoms with van der Waals surface area (Å²) in [5, 5.41) is 4.45. The van der Waals surface area contributed by atoms with Crippen molar-refractivity contribution in [3.05, 3.63) is 58.9 Å². The average Bonchev–Trinajstić information content (AvgIpc) is 3.09. The Morgan fingerprint density at radius 1 is 1.30 bits per heavy atom. The number of furan rings is 1. The first-order valence-corrected chi connectivity index (χ1v) is 8.57. The Hall–Kier alpha value is -2.90. The van der Waals surface area contributed by atoms with Crippen molar-refractivity contribution in [2.24, 2.45) is 0 Å². The number of pyridine rings is 1. The molecule has 1 fully saturated rings. The van der Waals surface area contributed by atoms with Gasteiger partial charge >= 0.3 is 6.18 Å². The highest BCUT2D eigenvalue weighted by atomic mass is 19.4. The van der Waals surface area contributed by atoms with Gasteiger partial charge in [0, 0.05) is 29.8 Å². The number of aldehydes is 1. The summed E-state index contributed by atoms with van der Waals surface area (Å²) >= 11 is 0. The molecule has 1 saturated carbocycles. The van der Waals surface area contributed by atoms with Gasteiger partial charge in [-0.1, -0.05) is 6.07 Å². The number of carbonyl (C=O) groups excluding carboxylic acids is 1. The number of nitrogens with zero attached hydrogens (tertiary/aromatic N) is 3. The van der Waals surface area contributed by atoms with Gasteiger partial charge in [-0.25, -0.2) is 0 Å². The van der Waals surface area contributed by atoms with Crippen molar-refractivity contribution < 1.29 is 22.4 Å². The Balaban J connectivity index is 1.68. The van der Waals surface area contributed by atoms with Gasteiger partial charge in [0.1, 0.15) is 17.0 Å². The van der Waals surface area contributed by atoms with Crippen LogP contribution in [-0.4, -0.2) is 21.1 Å². The molecule has 1 spiro atoms. The highest BCUT2D eigenvalue weighted by Crippen LogP contribution is 2.59. The van der Waals surface area contributed by atoms with E-state index in [1.54, 1.807) is 16.9 Å². The van der Waals surface area contributed by atoms with Crippen LogP contribution in [0, 0.1) is 0 Å². The summed E-state index contributed by atoms with van der Waals surface area (Å²) in [7, 11) is 0. The third-order valence-corrected chi connectivity index (χ3v) is 5.37. The van der Waals surface area contributed by atoms with E-state index in [1.165, 1.54) is 0 Å². The zero-order valence-corrected chi connectivity index (χ0v) is 14.1. The molecule has 8 heteroatoms. The maximum Gasteiger partial charge on any atom is 0.420 e. The average molecular weight is 373 g/mol. The van der Waals surface area contributed by atoms with Crippen LogP contribution in [0.4, 0.5) is 13.2 Å². The summed E-state index contributed by atoms with van der Waals surface area (Å²) in [4.78, 5) is 15.4. The first-order chi connectivity index (χ1) is 12.9. The van der Waals surface area contributed by atoms with Gasteiger partial charge in [-0.3, -0.25) is 14.5 Å². The largest absolute Gasteiger partial charge is 0.457 e. The van der Waals surface area contributed by atoms with E-state index >= 15 is 0 Å². The molecule has 5 rings (SSSR count). The summed E-state index contributed by atoms with van der Waals surface area (Å²) in [6.45, 7) is 0.360.